The maximum atomic E-state index is 12.4. The van der Waals surface area contributed by atoms with Crippen LogP contribution in [0.5, 0.6) is 0 Å². The molecule has 32 heavy (non-hydrogen) atoms. The lowest BCUT2D eigenvalue weighted by atomic mass is 10.1. The van der Waals surface area contributed by atoms with Crippen molar-refractivity contribution in [2.75, 3.05) is 17.6 Å². The van der Waals surface area contributed by atoms with Crippen LogP contribution in [-0.4, -0.2) is 38.9 Å². The van der Waals surface area contributed by atoms with E-state index >= 15 is 0 Å². The Morgan fingerprint density at radius 2 is 1.81 bits per heavy atom. The molecule has 2 N–H and O–H groups in total. The second kappa shape index (κ2) is 11.9. The van der Waals surface area contributed by atoms with Gasteiger partial charge in [-0.25, -0.2) is 0 Å². The Hall–Kier alpha value is -2.55. The summed E-state index contributed by atoms with van der Waals surface area (Å²) in [6.45, 7) is 3.10. The van der Waals surface area contributed by atoms with Crippen molar-refractivity contribution in [2.45, 2.75) is 31.5 Å². The molecule has 7 nitrogen and oxygen atoms in total. The molecule has 168 valence electrons. The predicted octanol–water partition coefficient (Wildman–Crippen LogP) is 4.24. The van der Waals surface area contributed by atoms with E-state index in [2.05, 4.69) is 20.8 Å². The standard InChI is InChI=1S/C22H23Cl2N5O2S/c1-2-29-19(13-20(30)26-16-8-9-17(23)18(24)12-16)27-28-22(29)32-14-21(31)25-11-10-15-6-4-3-5-7-15/h3-9,12H,2,10-11,13-14H2,1H3,(H,25,31)(H,26,30). The fourth-order valence-corrected chi connectivity index (χ4v) is 4.12. The number of benzene rings is 2. The molecule has 0 bridgehead atoms. The van der Waals surface area contributed by atoms with Crippen molar-refractivity contribution in [3.63, 3.8) is 0 Å². The molecule has 2 aromatic carbocycles. The molecule has 0 fully saturated rings. The molecule has 0 unspecified atom stereocenters. The summed E-state index contributed by atoms with van der Waals surface area (Å²) in [6.07, 6.45) is 0.825. The zero-order valence-electron chi connectivity index (χ0n) is 17.5. The molecule has 1 heterocycles. The summed E-state index contributed by atoms with van der Waals surface area (Å²) in [4.78, 5) is 24.6. The highest BCUT2D eigenvalue weighted by molar-refractivity contribution is 7.99. The molecule has 1 aromatic heterocycles. The van der Waals surface area contributed by atoms with Gasteiger partial charge in [0.25, 0.3) is 0 Å². The minimum Gasteiger partial charge on any atom is -0.355 e. The van der Waals surface area contributed by atoms with Crippen LogP contribution in [0.3, 0.4) is 0 Å². The van der Waals surface area contributed by atoms with Crippen LogP contribution in [0.4, 0.5) is 5.69 Å². The van der Waals surface area contributed by atoms with Crippen LogP contribution in [0.25, 0.3) is 0 Å². The second-order valence-electron chi connectivity index (χ2n) is 6.87. The zero-order valence-corrected chi connectivity index (χ0v) is 19.8. The van der Waals surface area contributed by atoms with E-state index < -0.39 is 0 Å². The molecule has 0 atom stereocenters. The first-order chi connectivity index (χ1) is 15.5. The van der Waals surface area contributed by atoms with Gasteiger partial charge in [-0.05, 0) is 37.1 Å². The summed E-state index contributed by atoms with van der Waals surface area (Å²) in [6, 6.07) is 14.9. The first-order valence-electron chi connectivity index (χ1n) is 10.1. The summed E-state index contributed by atoms with van der Waals surface area (Å²) < 4.78 is 1.83. The topological polar surface area (TPSA) is 88.9 Å². The molecular weight excluding hydrogens is 469 g/mol. The molecule has 3 rings (SSSR count). The molecule has 2 amide bonds. The number of hydrogen-bond donors (Lipinski definition) is 2. The van der Waals surface area contributed by atoms with E-state index in [4.69, 9.17) is 23.2 Å². The molecule has 0 aliphatic carbocycles. The lowest BCUT2D eigenvalue weighted by molar-refractivity contribution is -0.118. The van der Waals surface area contributed by atoms with Gasteiger partial charge in [-0.1, -0.05) is 65.3 Å². The van der Waals surface area contributed by atoms with Crippen LogP contribution < -0.4 is 10.6 Å². The van der Waals surface area contributed by atoms with Crippen LogP contribution in [-0.2, 0) is 29.0 Å². The summed E-state index contributed by atoms with van der Waals surface area (Å²) in [5.74, 6) is 0.427. The maximum Gasteiger partial charge on any atom is 0.232 e. The predicted molar refractivity (Wildman–Crippen MR) is 128 cm³/mol. The first-order valence-corrected chi connectivity index (χ1v) is 11.8. The third-order valence-electron chi connectivity index (χ3n) is 4.54. The van der Waals surface area contributed by atoms with Crippen LogP contribution in [0.15, 0.2) is 53.7 Å². The van der Waals surface area contributed by atoms with Crippen molar-refractivity contribution < 1.29 is 9.59 Å². The van der Waals surface area contributed by atoms with Crippen molar-refractivity contribution in [2.24, 2.45) is 0 Å². The van der Waals surface area contributed by atoms with Crippen molar-refractivity contribution >= 4 is 52.5 Å². The number of hydrogen-bond acceptors (Lipinski definition) is 5. The Labute approximate surface area is 200 Å². The van der Waals surface area contributed by atoms with Crippen LogP contribution in [0, 0.1) is 0 Å². The number of halogens is 2. The summed E-state index contributed by atoms with van der Waals surface area (Å²) in [5.41, 5.74) is 1.73. The fraction of sp³-hybridized carbons (Fsp3) is 0.273. The number of nitrogens with zero attached hydrogens (tertiary/aromatic N) is 3. The van der Waals surface area contributed by atoms with Crippen LogP contribution in [0.1, 0.15) is 18.3 Å². The minimum atomic E-state index is -0.249. The Morgan fingerprint density at radius 3 is 2.53 bits per heavy atom. The summed E-state index contributed by atoms with van der Waals surface area (Å²) in [5, 5.41) is 15.3. The highest BCUT2D eigenvalue weighted by atomic mass is 35.5. The van der Waals surface area contributed by atoms with E-state index in [1.807, 2.05) is 41.8 Å². The van der Waals surface area contributed by atoms with Crippen molar-refractivity contribution in [3.8, 4) is 0 Å². The fourth-order valence-electron chi connectivity index (χ4n) is 2.97. The van der Waals surface area contributed by atoms with Gasteiger partial charge in [-0.3, -0.25) is 9.59 Å². The molecule has 10 heteroatoms. The largest absolute Gasteiger partial charge is 0.355 e. The Morgan fingerprint density at radius 1 is 1.03 bits per heavy atom. The Kier molecular flexibility index (Phi) is 8.96. The van der Waals surface area contributed by atoms with Crippen LogP contribution in [0.2, 0.25) is 10.0 Å². The number of aromatic nitrogens is 3. The third kappa shape index (κ3) is 6.98. The second-order valence-corrected chi connectivity index (χ2v) is 8.63. The smallest absolute Gasteiger partial charge is 0.232 e. The van der Waals surface area contributed by atoms with Gasteiger partial charge in [0.15, 0.2) is 5.16 Å². The van der Waals surface area contributed by atoms with E-state index in [1.165, 1.54) is 17.3 Å². The average molecular weight is 492 g/mol. The quantitative estimate of drug-likeness (QED) is 0.414. The van der Waals surface area contributed by atoms with Gasteiger partial charge in [-0.2, -0.15) is 0 Å². The SMILES string of the molecule is CCn1c(CC(=O)Nc2ccc(Cl)c(Cl)c2)nnc1SCC(=O)NCCc1ccccc1. The molecule has 3 aromatic rings. The lowest BCUT2D eigenvalue weighted by Gasteiger charge is -2.09. The molecule has 0 aliphatic rings. The number of rotatable bonds is 10. The van der Waals surface area contributed by atoms with Gasteiger partial charge in [0.05, 0.1) is 22.2 Å². The zero-order chi connectivity index (χ0) is 22.9. The molecule has 0 radical (unpaired) electrons. The van der Waals surface area contributed by atoms with Gasteiger partial charge >= 0.3 is 0 Å². The average Bonchev–Trinajstić information content (AvgIpc) is 3.16. The molecular formula is C22H23Cl2N5O2S. The van der Waals surface area contributed by atoms with E-state index in [9.17, 15) is 9.59 Å². The van der Waals surface area contributed by atoms with Gasteiger partial charge in [0, 0.05) is 18.8 Å². The highest BCUT2D eigenvalue weighted by Gasteiger charge is 2.16. The van der Waals surface area contributed by atoms with E-state index in [-0.39, 0.29) is 24.0 Å². The van der Waals surface area contributed by atoms with Gasteiger partial charge in [0.2, 0.25) is 11.8 Å². The molecule has 0 saturated heterocycles. The lowest BCUT2D eigenvalue weighted by Crippen LogP contribution is -2.27. The van der Waals surface area contributed by atoms with E-state index in [1.54, 1.807) is 18.2 Å². The van der Waals surface area contributed by atoms with E-state index in [0.717, 1.165) is 6.42 Å². The Bertz CT molecular complexity index is 1080. The number of amides is 2. The van der Waals surface area contributed by atoms with Crippen molar-refractivity contribution in [3.05, 3.63) is 70.0 Å². The summed E-state index contributed by atoms with van der Waals surface area (Å²) >= 11 is 13.2. The Balaban J connectivity index is 1.49. The minimum absolute atomic E-state index is 0.0465. The number of thioether (sulfide) groups is 1. The highest BCUT2D eigenvalue weighted by Crippen LogP contribution is 2.25. The summed E-state index contributed by atoms with van der Waals surface area (Å²) in [7, 11) is 0. The van der Waals surface area contributed by atoms with Crippen molar-refractivity contribution in [1.29, 1.82) is 0 Å². The van der Waals surface area contributed by atoms with Gasteiger partial charge in [-0.15, -0.1) is 10.2 Å². The number of carbonyl (C=O) groups excluding carboxylic acids is 2. The molecule has 0 aliphatic heterocycles. The van der Waals surface area contributed by atoms with Crippen LogP contribution >= 0.6 is 35.0 Å². The van der Waals surface area contributed by atoms with Gasteiger partial charge < -0.3 is 15.2 Å². The first kappa shape index (κ1) is 24.1. The van der Waals surface area contributed by atoms with E-state index in [0.29, 0.717) is 39.8 Å². The van der Waals surface area contributed by atoms with Crippen molar-refractivity contribution in [1.82, 2.24) is 20.1 Å². The maximum absolute atomic E-state index is 12.4. The third-order valence-corrected chi connectivity index (χ3v) is 6.25. The molecule has 0 saturated carbocycles. The monoisotopic (exact) mass is 491 g/mol. The number of anilines is 1. The molecule has 0 spiro atoms. The number of carbonyl (C=O) groups is 2. The van der Waals surface area contributed by atoms with Gasteiger partial charge in [0.1, 0.15) is 5.82 Å². The number of nitrogens with one attached hydrogen (secondary N) is 2. The normalized spacial score (nSPS) is 10.7.